The summed E-state index contributed by atoms with van der Waals surface area (Å²) in [6.07, 6.45) is 4.00. The van der Waals surface area contributed by atoms with E-state index in [9.17, 15) is 4.79 Å². The Bertz CT molecular complexity index is 1160. The van der Waals surface area contributed by atoms with Gasteiger partial charge in [-0.2, -0.15) is 0 Å². The van der Waals surface area contributed by atoms with Gasteiger partial charge in [0.2, 0.25) is 11.8 Å². The molecule has 2 aliphatic heterocycles. The van der Waals surface area contributed by atoms with Gasteiger partial charge >= 0.3 is 0 Å². The topological polar surface area (TPSA) is 92.3 Å². The summed E-state index contributed by atoms with van der Waals surface area (Å²) in [6.45, 7) is 4.90. The first-order valence-electron chi connectivity index (χ1n) is 11.3. The molecule has 33 heavy (non-hydrogen) atoms. The van der Waals surface area contributed by atoms with Crippen LogP contribution in [0.2, 0.25) is 0 Å². The van der Waals surface area contributed by atoms with Gasteiger partial charge in [-0.15, -0.1) is 11.8 Å². The van der Waals surface area contributed by atoms with Crippen molar-refractivity contribution in [2.45, 2.75) is 24.3 Å². The highest BCUT2D eigenvalue weighted by molar-refractivity contribution is 8.00. The lowest BCUT2D eigenvalue weighted by Crippen LogP contribution is -2.28. The average molecular weight is 465 g/mol. The SMILES string of the molecule is COc1ccc2nccc(CCN3CCC(CNCc4ccc5c(n4)NC(=O)CS5)C3)c2n1. The van der Waals surface area contributed by atoms with Crippen LogP contribution in [0.1, 0.15) is 17.7 Å². The van der Waals surface area contributed by atoms with Crippen molar-refractivity contribution in [2.24, 2.45) is 5.92 Å². The number of aromatic nitrogens is 3. The van der Waals surface area contributed by atoms with E-state index in [-0.39, 0.29) is 5.91 Å². The fourth-order valence-electron chi connectivity index (χ4n) is 4.44. The number of amides is 1. The van der Waals surface area contributed by atoms with Crippen molar-refractivity contribution >= 4 is 34.5 Å². The molecule has 1 unspecified atom stereocenters. The molecule has 1 saturated heterocycles. The largest absolute Gasteiger partial charge is 0.481 e. The minimum absolute atomic E-state index is 0.0193. The third-order valence-electron chi connectivity index (χ3n) is 6.19. The predicted molar refractivity (Wildman–Crippen MR) is 130 cm³/mol. The van der Waals surface area contributed by atoms with Gasteiger partial charge in [0.1, 0.15) is 5.82 Å². The van der Waals surface area contributed by atoms with E-state index in [0.29, 0.717) is 29.9 Å². The zero-order valence-corrected chi connectivity index (χ0v) is 19.5. The number of anilines is 1. The van der Waals surface area contributed by atoms with Gasteiger partial charge in [-0.05, 0) is 61.7 Å². The molecule has 0 bridgehead atoms. The van der Waals surface area contributed by atoms with E-state index in [1.807, 2.05) is 30.5 Å². The highest BCUT2D eigenvalue weighted by atomic mass is 32.2. The normalized spacial score (nSPS) is 18.3. The molecule has 0 radical (unpaired) electrons. The Kier molecular flexibility index (Phi) is 6.70. The van der Waals surface area contributed by atoms with Crippen LogP contribution in [-0.2, 0) is 17.8 Å². The summed E-state index contributed by atoms with van der Waals surface area (Å²) in [5, 5.41) is 6.41. The predicted octanol–water partition coefficient (Wildman–Crippen LogP) is 2.73. The van der Waals surface area contributed by atoms with Crippen molar-refractivity contribution < 1.29 is 9.53 Å². The van der Waals surface area contributed by atoms with E-state index in [2.05, 4.69) is 36.6 Å². The maximum atomic E-state index is 11.6. The van der Waals surface area contributed by atoms with Gasteiger partial charge in [-0.1, -0.05) is 0 Å². The van der Waals surface area contributed by atoms with Crippen LogP contribution in [0.5, 0.6) is 5.88 Å². The number of carbonyl (C=O) groups excluding carboxylic acids is 1. The van der Waals surface area contributed by atoms with Crippen molar-refractivity contribution in [3.8, 4) is 5.88 Å². The molecule has 8 nitrogen and oxygen atoms in total. The second-order valence-electron chi connectivity index (χ2n) is 8.51. The quantitative estimate of drug-likeness (QED) is 0.526. The van der Waals surface area contributed by atoms with Gasteiger partial charge < -0.3 is 20.3 Å². The van der Waals surface area contributed by atoms with Crippen LogP contribution < -0.4 is 15.4 Å². The third kappa shape index (κ3) is 5.26. The van der Waals surface area contributed by atoms with Gasteiger partial charge in [0.15, 0.2) is 0 Å². The summed E-state index contributed by atoms with van der Waals surface area (Å²) in [7, 11) is 1.64. The Balaban J connectivity index is 1.10. The number of nitrogens with one attached hydrogen (secondary N) is 2. The molecule has 1 atom stereocenters. The van der Waals surface area contributed by atoms with E-state index in [4.69, 9.17) is 4.74 Å². The van der Waals surface area contributed by atoms with E-state index in [1.165, 1.54) is 12.0 Å². The maximum Gasteiger partial charge on any atom is 0.235 e. The molecule has 5 heterocycles. The van der Waals surface area contributed by atoms with Crippen molar-refractivity contribution in [1.82, 2.24) is 25.2 Å². The fraction of sp³-hybridized carbons (Fsp3) is 0.417. The van der Waals surface area contributed by atoms with Gasteiger partial charge in [-0.25, -0.2) is 9.97 Å². The van der Waals surface area contributed by atoms with Crippen molar-refractivity contribution in [3.63, 3.8) is 0 Å². The summed E-state index contributed by atoms with van der Waals surface area (Å²) < 4.78 is 5.29. The fourth-order valence-corrected chi connectivity index (χ4v) is 5.20. The summed E-state index contributed by atoms with van der Waals surface area (Å²) in [5.74, 6) is 2.43. The Morgan fingerprint density at radius 3 is 3.09 bits per heavy atom. The second kappa shape index (κ2) is 10.0. The third-order valence-corrected chi connectivity index (χ3v) is 7.24. The maximum absolute atomic E-state index is 11.6. The summed E-state index contributed by atoms with van der Waals surface area (Å²) >= 11 is 1.54. The number of ether oxygens (including phenoxy) is 1. The van der Waals surface area contributed by atoms with E-state index < -0.39 is 0 Å². The van der Waals surface area contributed by atoms with Crippen LogP contribution in [0.15, 0.2) is 41.4 Å². The molecular weight excluding hydrogens is 436 g/mol. The lowest BCUT2D eigenvalue weighted by Gasteiger charge is -2.17. The molecular formula is C24H28N6O2S. The number of methoxy groups -OCH3 is 1. The molecule has 172 valence electrons. The first-order valence-corrected chi connectivity index (χ1v) is 12.3. The van der Waals surface area contributed by atoms with Crippen LogP contribution in [0.25, 0.3) is 11.0 Å². The number of nitrogens with zero attached hydrogens (tertiary/aromatic N) is 4. The minimum Gasteiger partial charge on any atom is -0.481 e. The second-order valence-corrected chi connectivity index (χ2v) is 9.53. The first-order chi connectivity index (χ1) is 16.2. The van der Waals surface area contributed by atoms with Gasteiger partial charge in [0.05, 0.1) is 34.5 Å². The summed E-state index contributed by atoms with van der Waals surface area (Å²) in [5.41, 5.74) is 4.01. The number of carbonyl (C=O) groups is 1. The molecule has 0 aliphatic carbocycles. The zero-order valence-electron chi connectivity index (χ0n) is 18.7. The minimum atomic E-state index is 0.0193. The Hall–Kier alpha value is -2.75. The molecule has 1 fully saturated rings. The van der Waals surface area contributed by atoms with E-state index >= 15 is 0 Å². The number of hydrogen-bond donors (Lipinski definition) is 2. The molecule has 0 spiro atoms. The Labute approximate surface area is 197 Å². The van der Waals surface area contributed by atoms with E-state index in [0.717, 1.165) is 54.2 Å². The van der Waals surface area contributed by atoms with Crippen LogP contribution in [0.3, 0.4) is 0 Å². The molecule has 3 aromatic heterocycles. The zero-order chi connectivity index (χ0) is 22.6. The number of likely N-dealkylation sites (tertiary alicyclic amines) is 1. The van der Waals surface area contributed by atoms with Crippen LogP contribution >= 0.6 is 11.8 Å². The lowest BCUT2D eigenvalue weighted by atomic mass is 10.1. The molecule has 3 aromatic rings. The van der Waals surface area contributed by atoms with Gasteiger partial charge in [-0.3, -0.25) is 9.78 Å². The lowest BCUT2D eigenvalue weighted by molar-refractivity contribution is -0.113. The van der Waals surface area contributed by atoms with Gasteiger partial charge in [0, 0.05) is 31.9 Å². The van der Waals surface area contributed by atoms with Crippen molar-refractivity contribution in [1.29, 1.82) is 0 Å². The highest BCUT2D eigenvalue weighted by Gasteiger charge is 2.22. The highest BCUT2D eigenvalue weighted by Crippen LogP contribution is 2.29. The molecule has 0 saturated carbocycles. The average Bonchev–Trinajstić information content (AvgIpc) is 3.29. The molecule has 1 amide bonds. The smallest absolute Gasteiger partial charge is 0.235 e. The summed E-state index contributed by atoms with van der Waals surface area (Å²) in [6, 6.07) is 9.97. The van der Waals surface area contributed by atoms with Crippen molar-refractivity contribution in [3.05, 3.63) is 47.8 Å². The number of rotatable bonds is 8. The Morgan fingerprint density at radius 2 is 2.18 bits per heavy atom. The van der Waals surface area contributed by atoms with Gasteiger partial charge in [0.25, 0.3) is 0 Å². The summed E-state index contributed by atoms with van der Waals surface area (Å²) in [4.78, 5) is 28.8. The van der Waals surface area contributed by atoms with Crippen LogP contribution in [-0.4, -0.2) is 64.8 Å². The number of thioether (sulfide) groups is 1. The molecule has 0 aromatic carbocycles. The molecule has 5 rings (SSSR count). The van der Waals surface area contributed by atoms with Crippen LogP contribution in [0.4, 0.5) is 5.82 Å². The number of fused-ring (bicyclic) bond motifs is 2. The number of hydrogen-bond acceptors (Lipinski definition) is 8. The Morgan fingerprint density at radius 1 is 1.24 bits per heavy atom. The van der Waals surface area contributed by atoms with E-state index in [1.54, 1.807) is 18.9 Å². The molecule has 2 N–H and O–H groups in total. The molecule has 9 heteroatoms. The number of pyridine rings is 3. The van der Waals surface area contributed by atoms with Crippen LogP contribution in [0, 0.1) is 5.92 Å². The first kappa shape index (κ1) is 22.1. The van der Waals surface area contributed by atoms with Crippen molar-refractivity contribution in [2.75, 3.05) is 44.4 Å². The molecule has 2 aliphatic rings. The standard InChI is InChI=1S/C24H28N6O2S/c1-32-22-5-3-19-23(29-22)17(6-9-26-19)8-11-30-10-7-16(14-30)12-25-13-18-2-4-20-24(27-18)28-21(31)15-33-20/h2-6,9,16,25H,7-8,10-15H2,1H3,(H,27,28,31). The monoisotopic (exact) mass is 464 g/mol.